The minimum atomic E-state index is -0.0968. The molecule has 0 saturated carbocycles. The Morgan fingerprint density at radius 2 is 1.65 bits per heavy atom. The molecule has 1 aromatic carbocycles. The van der Waals surface area contributed by atoms with Gasteiger partial charge in [-0.25, -0.2) is 0 Å². The quantitative estimate of drug-likeness (QED) is 0.601. The molecule has 0 unspecified atom stereocenters. The lowest BCUT2D eigenvalue weighted by molar-refractivity contribution is -0.123. The molecule has 0 bridgehead atoms. The van der Waals surface area contributed by atoms with Crippen molar-refractivity contribution in [3.8, 4) is 11.5 Å². The molecule has 0 aliphatic rings. The summed E-state index contributed by atoms with van der Waals surface area (Å²) in [6.07, 6.45) is 2.16. The van der Waals surface area contributed by atoms with Crippen molar-refractivity contribution in [3.63, 3.8) is 0 Å². The third-order valence-electron chi connectivity index (χ3n) is 3.60. The Kier molecular flexibility index (Phi) is 9.87. The zero-order chi connectivity index (χ0) is 16.9. The maximum atomic E-state index is 11.7. The predicted molar refractivity (Wildman–Crippen MR) is 93.1 cm³/mol. The fourth-order valence-electron chi connectivity index (χ4n) is 2.06. The number of carbonyl (C=O) groups excluding carboxylic acids is 1. The summed E-state index contributed by atoms with van der Waals surface area (Å²) >= 11 is 0. The summed E-state index contributed by atoms with van der Waals surface area (Å²) in [4.78, 5) is 14.0. The van der Waals surface area contributed by atoms with Crippen LogP contribution in [-0.2, 0) is 4.79 Å². The number of nitrogens with zero attached hydrogens (tertiary/aromatic N) is 1. The van der Waals surface area contributed by atoms with Gasteiger partial charge in [0.25, 0.3) is 5.91 Å². The molecular weight excluding hydrogens is 292 g/mol. The molecule has 5 nitrogen and oxygen atoms in total. The highest BCUT2D eigenvalue weighted by Gasteiger charge is 2.04. The number of carbonyl (C=O) groups is 1. The van der Waals surface area contributed by atoms with Gasteiger partial charge in [0, 0.05) is 13.1 Å². The van der Waals surface area contributed by atoms with Gasteiger partial charge in [-0.3, -0.25) is 4.79 Å². The minimum Gasteiger partial charge on any atom is -0.494 e. The van der Waals surface area contributed by atoms with Crippen LogP contribution in [0.15, 0.2) is 24.3 Å². The molecule has 5 heteroatoms. The van der Waals surface area contributed by atoms with Crippen molar-refractivity contribution in [1.82, 2.24) is 10.2 Å². The number of rotatable bonds is 12. The molecule has 0 atom stereocenters. The molecule has 0 aliphatic heterocycles. The van der Waals surface area contributed by atoms with Gasteiger partial charge in [0.15, 0.2) is 6.61 Å². The number of hydrogen-bond acceptors (Lipinski definition) is 4. The van der Waals surface area contributed by atoms with E-state index in [0.717, 1.165) is 44.8 Å². The molecule has 130 valence electrons. The summed E-state index contributed by atoms with van der Waals surface area (Å²) in [7, 11) is 0. The lowest BCUT2D eigenvalue weighted by Gasteiger charge is -2.18. The molecular formula is C18H30N2O3. The Balaban J connectivity index is 2.22. The van der Waals surface area contributed by atoms with Crippen molar-refractivity contribution in [3.05, 3.63) is 24.3 Å². The van der Waals surface area contributed by atoms with E-state index < -0.39 is 0 Å². The molecule has 1 rings (SSSR count). The number of amides is 1. The van der Waals surface area contributed by atoms with Crippen molar-refractivity contribution >= 4 is 5.91 Å². The zero-order valence-electron chi connectivity index (χ0n) is 14.6. The van der Waals surface area contributed by atoms with Gasteiger partial charge in [0.05, 0.1) is 6.61 Å². The van der Waals surface area contributed by atoms with Gasteiger partial charge >= 0.3 is 0 Å². The minimum absolute atomic E-state index is 0.0360. The zero-order valence-corrected chi connectivity index (χ0v) is 14.6. The van der Waals surface area contributed by atoms with Crippen LogP contribution in [-0.4, -0.2) is 50.2 Å². The van der Waals surface area contributed by atoms with Gasteiger partial charge in [-0.2, -0.15) is 0 Å². The van der Waals surface area contributed by atoms with E-state index in [1.54, 1.807) is 0 Å². The number of benzene rings is 1. The highest BCUT2D eigenvalue weighted by atomic mass is 16.5. The fourth-order valence-corrected chi connectivity index (χ4v) is 2.06. The SMILES string of the molecule is CCCCOc1ccc(OCC(=O)NCCN(CC)CC)cc1. The van der Waals surface area contributed by atoms with Crippen molar-refractivity contribution in [1.29, 1.82) is 0 Å². The third-order valence-corrected chi connectivity index (χ3v) is 3.60. The average molecular weight is 322 g/mol. The summed E-state index contributed by atoms with van der Waals surface area (Å²) in [6, 6.07) is 7.38. The second kappa shape index (κ2) is 11.8. The van der Waals surface area contributed by atoms with Gasteiger partial charge in [0.2, 0.25) is 0 Å². The Hall–Kier alpha value is -1.75. The topological polar surface area (TPSA) is 50.8 Å². The van der Waals surface area contributed by atoms with E-state index in [1.165, 1.54) is 0 Å². The molecule has 0 saturated heterocycles. The van der Waals surface area contributed by atoms with Crippen LogP contribution in [0, 0.1) is 0 Å². The number of nitrogens with one attached hydrogen (secondary N) is 1. The average Bonchev–Trinajstić information content (AvgIpc) is 2.58. The van der Waals surface area contributed by atoms with Crippen LogP contribution < -0.4 is 14.8 Å². The first-order chi connectivity index (χ1) is 11.2. The van der Waals surface area contributed by atoms with Crippen LogP contribution >= 0.6 is 0 Å². The molecule has 0 heterocycles. The largest absolute Gasteiger partial charge is 0.494 e. The number of hydrogen-bond donors (Lipinski definition) is 1. The highest BCUT2D eigenvalue weighted by molar-refractivity contribution is 5.77. The lowest BCUT2D eigenvalue weighted by Crippen LogP contribution is -2.36. The van der Waals surface area contributed by atoms with Crippen LogP contribution in [0.4, 0.5) is 0 Å². The normalized spacial score (nSPS) is 10.6. The molecule has 0 aromatic heterocycles. The predicted octanol–water partition coefficient (Wildman–Crippen LogP) is 2.70. The summed E-state index contributed by atoms with van der Waals surface area (Å²) in [5.74, 6) is 1.40. The lowest BCUT2D eigenvalue weighted by atomic mass is 10.3. The van der Waals surface area contributed by atoms with Gasteiger partial charge in [-0.1, -0.05) is 27.2 Å². The molecule has 1 aromatic rings. The van der Waals surface area contributed by atoms with E-state index in [4.69, 9.17) is 9.47 Å². The Morgan fingerprint density at radius 3 is 2.22 bits per heavy atom. The summed E-state index contributed by atoms with van der Waals surface area (Å²) in [5.41, 5.74) is 0. The number of unbranched alkanes of at least 4 members (excludes halogenated alkanes) is 1. The van der Waals surface area contributed by atoms with Gasteiger partial charge in [-0.15, -0.1) is 0 Å². The number of likely N-dealkylation sites (N-methyl/N-ethyl adjacent to an activating group) is 1. The molecule has 0 fully saturated rings. The molecule has 1 amide bonds. The van der Waals surface area contributed by atoms with Crippen LogP contribution in [0.2, 0.25) is 0 Å². The van der Waals surface area contributed by atoms with E-state index in [9.17, 15) is 4.79 Å². The maximum absolute atomic E-state index is 11.7. The van der Waals surface area contributed by atoms with Crippen LogP contribution in [0.25, 0.3) is 0 Å². The van der Waals surface area contributed by atoms with E-state index >= 15 is 0 Å². The van der Waals surface area contributed by atoms with Gasteiger partial charge in [-0.05, 0) is 43.8 Å². The van der Waals surface area contributed by atoms with Crippen molar-refractivity contribution in [2.45, 2.75) is 33.6 Å². The first-order valence-corrected chi connectivity index (χ1v) is 8.54. The van der Waals surface area contributed by atoms with Crippen LogP contribution in [0.1, 0.15) is 33.6 Å². The van der Waals surface area contributed by atoms with Crippen LogP contribution in [0.3, 0.4) is 0 Å². The molecule has 1 N–H and O–H groups in total. The highest BCUT2D eigenvalue weighted by Crippen LogP contribution is 2.17. The monoisotopic (exact) mass is 322 g/mol. The van der Waals surface area contributed by atoms with E-state index in [1.807, 2.05) is 24.3 Å². The van der Waals surface area contributed by atoms with Gasteiger partial charge < -0.3 is 19.7 Å². The molecule has 0 spiro atoms. The number of ether oxygens (including phenoxy) is 2. The van der Waals surface area contributed by atoms with Crippen LogP contribution in [0.5, 0.6) is 11.5 Å². The maximum Gasteiger partial charge on any atom is 0.257 e. The Morgan fingerprint density at radius 1 is 1.04 bits per heavy atom. The van der Waals surface area contributed by atoms with Crippen molar-refractivity contribution in [2.24, 2.45) is 0 Å². The summed E-state index contributed by atoms with van der Waals surface area (Å²) in [5, 5.41) is 2.87. The van der Waals surface area contributed by atoms with Crippen molar-refractivity contribution < 1.29 is 14.3 Å². The van der Waals surface area contributed by atoms with E-state index in [-0.39, 0.29) is 12.5 Å². The smallest absolute Gasteiger partial charge is 0.257 e. The Labute approximate surface area is 140 Å². The van der Waals surface area contributed by atoms with E-state index in [2.05, 4.69) is 31.0 Å². The second-order valence-corrected chi connectivity index (χ2v) is 5.34. The fraction of sp³-hybridized carbons (Fsp3) is 0.611. The molecule has 0 aliphatic carbocycles. The second-order valence-electron chi connectivity index (χ2n) is 5.34. The van der Waals surface area contributed by atoms with E-state index in [0.29, 0.717) is 12.3 Å². The van der Waals surface area contributed by atoms with Crippen molar-refractivity contribution in [2.75, 3.05) is 39.4 Å². The Bertz CT molecular complexity index is 430. The summed E-state index contributed by atoms with van der Waals surface area (Å²) in [6.45, 7) is 10.6. The molecule has 23 heavy (non-hydrogen) atoms. The third kappa shape index (κ3) is 8.45. The molecule has 0 radical (unpaired) electrons. The standard InChI is InChI=1S/C18H30N2O3/c1-4-7-14-22-16-8-10-17(11-9-16)23-15-18(21)19-12-13-20(5-2)6-3/h8-11H,4-7,12-15H2,1-3H3,(H,19,21). The first kappa shape index (κ1) is 19.3. The summed E-state index contributed by atoms with van der Waals surface area (Å²) < 4.78 is 11.1. The first-order valence-electron chi connectivity index (χ1n) is 8.54. The van der Waals surface area contributed by atoms with Gasteiger partial charge in [0.1, 0.15) is 11.5 Å².